The third-order valence-corrected chi connectivity index (χ3v) is 2.47. The van der Waals surface area contributed by atoms with Gasteiger partial charge in [0.15, 0.2) is 0 Å². The van der Waals surface area contributed by atoms with E-state index >= 15 is 0 Å². The number of esters is 2. The zero-order valence-electron chi connectivity index (χ0n) is 11.2. The predicted molar refractivity (Wildman–Crippen MR) is 68.9 cm³/mol. The highest BCUT2D eigenvalue weighted by atomic mass is 16.6. The number of carbonyl (C=O) groups is 2. The molecule has 1 unspecified atom stereocenters. The summed E-state index contributed by atoms with van der Waals surface area (Å²) in [4.78, 5) is 31.8. The first-order valence-electron chi connectivity index (χ1n) is 5.95. The number of ether oxygens (including phenoxy) is 2. The predicted octanol–water partition coefficient (Wildman–Crippen LogP) is 2.15. The number of nitro groups is 1. The van der Waals surface area contributed by atoms with Gasteiger partial charge in [0.2, 0.25) is 0 Å². The number of non-ortho nitro benzene ring substituents is 1. The van der Waals surface area contributed by atoms with Crippen LogP contribution in [0.3, 0.4) is 0 Å². The second-order valence-electron chi connectivity index (χ2n) is 4.08. The van der Waals surface area contributed by atoms with E-state index < -0.39 is 23.0 Å². The summed E-state index contributed by atoms with van der Waals surface area (Å²) in [6.45, 7) is 2.65. The molecule has 0 aliphatic rings. The number of nitrogens with zero attached hydrogens (tertiary/aromatic N) is 1. The molecule has 108 valence electrons. The summed E-state index contributed by atoms with van der Waals surface area (Å²) >= 11 is 0. The van der Waals surface area contributed by atoms with Crippen molar-refractivity contribution in [3.8, 4) is 0 Å². The first-order chi connectivity index (χ1) is 9.40. The average Bonchev–Trinajstić information content (AvgIpc) is 2.37. The zero-order valence-corrected chi connectivity index (χ0v) is 11.2. The van der Waals surface area contributed by atoms with E-state index in [9.17, 15) is 19.7 Å². The van der Waals surface area contributed by atoms with Gasteiger partial charge in [-0.2, -0.15) is 0 Å². The Hall–Kier alpha value is -2.44. The van der Waals surface area contributed by atoms with E-state index in [4.69, 9.17) is 9.47 Å². The van der Waals surface area contributed by atoms with Gasteiger partial charge in [-0.1, -0.05) is 0 Å². The second kappa shape index (κ2) is 7.22. The Morgan fingerprint density at radius 2 is 1.80 bits per heavy atom. The fourth-order valence-corrected chi connectivity index (χ4v) is 1.61. The van der Waals surface area contributed by atoms with Gasteiger partial charge in [0, 0.05) is 32.4 Å². The molecule has 0 N–H and O–H groups in total. The lowest BCUT2D eigenvalue weighted by molar-refractivity contribution is -0.384. The number of hydrogen-bond acceptors (Lipinski definition) is 6. The van der Waals surface area contributed by atoms with Gasteiger partial charge < -0.3 is 9.47 Å². The largest absolute Gasteiger partial charge is 0.466 e. The number of rotatable bonds is 6. The molecule has 7 nitrogen and oxygen atoms in total. The molecule has 7 heteroatoms. The summed E-state index contributed by atoms with van der Waals surface area (Å²) in [6, 6.07) is 5.69. The van der Waals surface area contributed by atoms with Crippen LogP contribution in [0, 0.1) is 10.1 Å². The molecule has 0 fully saturated rings. The maximum Gasteiger partial charge on any atom is 0.303 e. The molecule has 0 radical (unpaired) electrons. The number of hydrogen-bond donors (Lipinski definition) is 0. The van der Waals surface area contributed by atoms with Crippen LogP contribution >= 0.6 is 0 Å². The van der Waals surface area contributed by atoms with Crippen LogP contribution in [-0.2, 0) is 19.1 Å². The summed E-state index contributed by atoms with van der Waals surface area (Å²) in [7, 11) is 0. The van der Waals surface area contributed by atoms with Crippen LogP contribution < -0.4 is 0 Å². The highest BCUT2D eigenvalue weighted by Gasteiger charge is 2.16. The Kier molecular flexibility index (Phi) is 5.64. The molecule has 0 saturated carbocycles. The molecule has 20 heavy (non-hydrogen) atoms. The van der Waals surface area contributed by atoms with E-state index in [1.165, 1.54) is 38.1 Å². The van der Waals surface area contributed by atoms with Gasteiger partial charge in [-0.05, 0) is 17.7 Å². The third-order valence-electron chi connectivity index (χ3n) is 2.47. The smallest absolute Gasteiger partial charge is 0.303 e. The topological polar surface area (TPSA) is 95.7 Å². The average molecular weight is 281 g/mol. The SMILES string of the molecule is CC(=O)OCCC(OC(C)=O)c1ccc([N+](=O)[O-])cc1. The number of nitro benzene ring substituents is 1. The van der Waals surface area contributed by atoms with Crippen molar-refractivity contribution in [3.63, 3.8) is 0 Å². The molecule has 1 aromatic rings. The Balaban J connectivity index is 2.78. The highest BCUT2D eigenvalue weighted by molar-refractivity contribution is 5.66. The minimum atomic E-state index is -0.604. The van der Waals surface area contributed by atoms with Crippen LogP contribution in [0.15, 0.2) is 24.3 Å². The summed E-state index contributed by atoms with van der Waals surface area (Å²) in [6.07, 6.45) is -0.315. The molecule has 0 spiro atoms. The van der Waals surface area contributed by atoms with Crippen LogP contribution in [0.2, 0.25) is 0 Å². The van der Waals surface area contributed by atoms with E-state index in [0.717, 1.165) is 0 Å². The molecule has 0 aromatic heterocycles. The maximum absolute atomic E-state index is 11.1. The molecule has 1 atom stereocenters. The van der Waals surface area contributed by atoms with Crippen molar-refractivity contribution >= 4 is 17.6 Å². The van der Waals surface area contributed by atoms with Crippen LogP contribution in [0.5, 0.6) is 0 Å². The molecular formula is C13H15NO6. The van der Waals surface area contributed by atoms with E-state index in [1.807, 2.05) is 0 Å². The first-order valence-corrected chi connectivity index (χ1v) is 5.95. The lowest BCUT2D eigenvalue weighted by Gasteiger charge is -2.17. The first kappa shape index (κ1) is 15.6. The Morgan fingerprint density at radius 1 is 1.20 bits per heavy atom. The molecule has 0 amide bonds. The van der Waals surface area contributed by atoms with E-state index in [-0.39, 0.29) is 18.7 Å². The van der Waals surface area contributed by atoms with Crippen molar-refractivity contribution in [2.24, 2.45) is 0 Å². The Morgan fingerprint density at radius 3 is 2.25 bits per heavy atom. The summed E-state index contributed by atoms with van der Waals surface area (Å²) in [5.74, 6) is -0.897. The van der Waals surface area contributed by atoms with Crippen molar-refractivity contribution in [1.82, 2.24) is 0 Å². The van der Waals surface area contributed by atoms with Crippen molar-refractivity contribution in [1.29, 1.82) is 0 Å². The van der Waals surface area contributed by atoms with Crippen molar-refractivity contribution in [3.05, 3.63) is 39.9 Å². The lowest BCUT2D eigenvalue weighted by atomic mass is 10.1. The second-order valence-corrected chi connectivity index (χ2v) is 4.08. The molecule has 1 aromatic carbocycles. The standard InChI is InChI=1S/C13H15NO6/c1-9(15)19-8-7-13(20-10(2)16)11-3-5-12(6-4-11)14(17)18/h3-6,13H,7-8H2,1-2H3. The van der Waals surface area contributed by atoms with Crippen LogP contribution in [0.1, 0.15) is 31.9 Å². The monoisotopic (exact) mass is 281 g/mol. The molecule has 0 bridgehead atoms. The van der Waals surface area contributed by atoms with Crippen LogP contribution in [0.4, 0.5) is 5.69 Å². The normalized spacial score (nSPS) is 11.5. The molecular weight excluding hydrogens is 266 g/mol. The van der Waals surface area contributed by atoms with Gasteiger partial charge in [0.1, 0.15) is 6.10 Å². The lowest BCUT2D eigenvalue weighted by Crippen LogP contribution is -2.12. The molecule has 1 rings (SSSR count). The minimum absolute atomic E-state index is 0.0460. The molecule has 0 heterocycles. The maximum atomic E-state index is 11.1. The summed E-state index contributed by atoms with van der Waals surface area (Å²) < 4.78 is 9.92. The van der Waals surface area contributed by atoms with E-state index in [0.29, 0.717) is 5.56 Å². The number of benzene rings is 1. The quantitative estimate of drug-likeness (QED) is 0.450. The fraction of sp³-hybridized carbons (Fsp3) is 0.385. The van der Waals surface area contributed by atoms with Gasteiger partial charge in [0.25, 0.3) is 5.69 Å². The molecule has 0 aliphatic heterocycles. The van der Waals surface area contributed by atoms with E-state index in [1.54, 1.807) is 0 Å². The molecule has 0 aliphatic carbocycles. The van der Waals surface area contributed by atoms with Gasteiger partial charge in [-0.3, -0.25) is 19.7 Å². The Bertz CT molecular complexity index is 496. The fourth-order valence-electron chi connectivity index (χ4n) is 1.61. The van der Waals surface area contributed by atoms with Crippen LogP contribution in [0.25, 0.3) is 0 Å². The molecule has 0 saturated heterocycles. The van der Waals surface area contributed by atoms with Crippen molar-refractivity contribution in [2.45, 2.75) is 26.4 Å². The van der Waals surface area contributed by atoms with Gasteiger partial charge in [0.05, 0.1) is 11.5 Å². The van der Waals surface area contributed by atoms with Crippen molar-refractivity contribution in [2.75, 3.05) is 6.61 Å². The highest BCUT2D eigenvalue weighted by Crippen LogP contribution is 2.24. The number of carbonyl (C=O) groups excluding carboxylic acids is 2. The summed E-state index contributed by atoms with van der Waals surface area (Å²) in [5, 5.41) is 10.6. The van der Waals surface area contributed by atoms with Crippen molar-refractivity contribution < 1.29 is 24.0 Å². The summed E-state index contributed by atoms with van der Waals surface area (Å²) in [5.41, 5.74) is 0.563. The van der Waals surface area contributed by atoms with E-state index in [2.05, 4.69) is 0 Å². The zero-order chi connectivity index (χ0) is 15.1. The van der Waals surface area contributed by atoms with Gasteiger partial charge in [-0.15, -0.1) is 0 Å². The van der Waals surface area contributed by atoms with Gasteiger partial charge >= 0.3 is 11.9 Å². The van der Waals surface area contributed by atoms with Crippen LogP contribution in [-0.4, -0.2) is 23.5 Å². The Labute approximate surface area is 115 Å². The third kappa shape index (κ3) is 5.05. The van der Waals surface area contributed by atoms with Gasteiger partial charge in [-0.25, -0.2) is 0 Å². The minimum Gasteiger partial charge on any atom is -0.466 e.